The lowest BCUT2D eigenvalue weighted by Gasteiger charge is -2.25. The van der Waals surface area contributed by atoms with E-state index in [1.54, 1.807) is 14.2 Å². The molecule has 0 bridgehead atoms. The smallest absolute Gasteiger partial charge is 0.177 e. The molecule has 0 amide bonds. The molecular formula is C12H20N2O3. The second-order valence-electron chi connectivity index (χ2n) is 3.45. The normalized spacial score (nSPS) is 12.8. The van der Waals surface area contributed by atoms with E-state index in [2.05, 4.69) is 5.43 Å². The molecule has 0 radical (unpaired) electrons. The molecule has 0 aromatic heterocycles. The maximum Gasteiger partial charge on any atom is 0.177 e. The van der Waals surface area contributed by atoms with Gasteiger partial charge in [0.15, 0.2) is 6.29 Å². The maximum atomic E-state index is 5.56. The Kier molecular flexibility index (Phi) is 5.93. The Morgan fingerprint density at radius 3 is 2.41 bits per heavy atom. The summed E-state index contributed by atoms with van der Waals surface area (Å²) in [5.41, 5.74) is 3.60. The van der Waals surface area contributed by atoms with Gasteiger partial charge < -0.3 is 14.2 Å². The molecule has 5 nitrogen and oxygen atoms in total. The van der Waals surface area contributed by atoms with Gasteiger partial charge in [0.1, 0.15) is 11.8 Å². The molecule has 0 spiro atoms. The number of hydrogen-bond donors (Lipinski definition) is 2. The largest absolute Gasteiger partial charge is 0.494 e. The van der Waals surface area contributed by atoms with Gasteiger partial charge in [-0.25, -0.2) is 5.43 Å². The fraction of sp³-hybridized carbons (Fsp3) is 0.500. The first-order chi connectivity index (χ1) is 8.28. The highest BCUT2D eigenvalue weighted by Crippen LogP contribution is 2.28. The van der Waals surface area contributed by atoms with E-state index in [-0.39, 0.29) is 6.04 Å². The monoisotopic (exact) mass is 240 g/mol. The molecule has 0 aliphatic heterocycles. The number of para-hydroxylation sites is 1. The number of hydrazine groups is 1. The summed E-state index contributed by atoms with van der Waals surface area (Å²) in [6.45, 7) is 2.53. The van der Waals surface area contributed by atoms with Crippen molar-refractivity contribution in [1.82, 2.24) is 5.43 Å². The Morgan fingerprint density at radius 2 is 1.88 bits per heavy atom. The lowest BCUT2D eigenvalue weighted by molar-refractivity contribution is -0.124. The van der Waals surface area contributed by atoms with Crippen LogP contribution in [0.3, 0.4) is 0 Å². The molecule has 0 aliphatic rings. The number of ether oxygens (including phenoxy) is 3. The molecule has 0 heterocycles. The van der Waals surface area contributed by atoms with Gasteiger partial charge in [0.25, 0.3) is 0 Å². The number of nitrogens with one attached hydrogen (secondary N) is 1. The minimum absolute atomic E-state index is 0.284. The van der Waals surface area contributed by atoms with Crippen LogP contribution in [0.25, 0.3) is 0 Å². The maximum absolute atomic E-state index is 5.56. The van der Waals surface area contributed by atoms with Crippen LogP contribution >= 0.6 is 0 Å². The lowest BCUT2D eigenvalue weighted by atomic mass is 10.1. The first-order valence-corrected chi connectivity index (χ1v) is 5.51. The van der Waals surface area contributed by atoms with Crippen LogP contribution < -0.4 is 16.0 Å². The van der Waals surface area contributed by atoms with Crippen molar-refractivity contribution in [3.05, 3.63) is 29.8 Å². The average Bonchev–Trinajstić information content (AvgIpc) is 2.37. The van der Waals surface area contributed by atoms with Crippen molar-refractivity contribution in [2.75, 3.05) is 20.8 Å². The molecule has 0 saturated heterocycles. The molecule has 1 rings (SSSR count). The van der Waals surface area contributed by atoms with Gasteiger partial charge in [-0.1, -0.05) is 18.2 Å². The Balaban J connectivity index is 3.01. The van der Waals surface area contributed by atoms with E-state index < -0.39 is 6.29 Å². The van der Waals surface area contributed by atoms with Crippen molar-refractivity contribution in [2.24, 2.45) is 5.84 Å². The molecule has 0 fully saturated rings. The van der Waals surface area contributed by atoms with Gasteiger partial charge in [0.05, 0.1) is 6.61 Å². The van der Waals surface area contributed by atoms with E-state index in [4.69, 9.17) is 20.1 Å². The van der Waals surface area contributed by atoms with E-state index in [1.807, 2.05) is 31.2 Å². The zero-order valence-corrected chi connectivity index (χ0v) is 10.5. The Morgan fingerprint density at radius 1 is 1.24 bits per heavy atom. The van der Waals surface area contributed by atoms with Gasteiger partial charge in [-0.05, 0) is 13.0 Å². The van der Waals surface area contributed by atoms with E-state index in [1.165, 1.54) is 0 Å². The highest BCUT2D eigenvalue weighted by molar-refractivity contribution is 5.36. The molecule has 5 heteroatoms. The van der Waals surface area contributed by atoms with Crippen LogP contribution in [0.5, 0.6) is 5.75 Å². The van der Waals surface area contributed by atoms with E-state index >= 15 is 0 Å². The van der Waals surface area contributed by atoms with E-state index in [9.17, 15) is 0 Å². The van der Waals surface area contributed by atoms with E-state index in [0.29, 0.717) is 6.61 Å². The summed E-state index contributed by atoms with van der Waals surface area (Å²) in [5, 5.41) is 0. The van der Waals surface area contributed by atoms with Crippen LogP contribution in [0.15, 0.2) is 24.3 Å². The minimum Gasteiger partial charge on any atom is -0.494 e. The second kappa shape index (κ2) is 7.24. The van der Waals surface area contributed by atoms with Crippen LogP contribution in [0.2, 0.25) is 0 Å². The van der Waals surface area contributed by atoms with Crippen molar-refractivity contribution >= 4 is 0 Å². The van der Waals surface area contributed by atoms with Gasteiger partial charge >= 0.3 is 0 Å². The van der Waals surface area contributed by atoms with Crippen LogP contribution in [0.1, 0.15) is 18.5 Å². The first kappa shape index (κ1) is 13.9. The summed E-state index contributed by atoms with van der Waals surface area (Å²) in [6.07, 6.45) is -0.471. The molecule has 1 aromatic carbocycles. The zero-order valence-electron chi connectivity index (χ0n) is 10.5. The summed E-state index contributed by atoms with van der Waals surface area (Å²) >= 11 is 0. The Hall–Kier alpha value is -1.14. The minimum atomic E-state index is -0.471. The fourth-order valence-corrected chi connectivity index (χ4v) is 1.71. The predicted molar refractivity (Wildman–Crippen MR) is 65.5 cm³/mol. The standard InChI is InChI=1S/C12H20N2O3/c1-4-17-10-8-6-5-7-9(10)11(14-13)12(15-2)16-3/h5-8,11-12,14H,4,13H2,1-3H3. The molecule has 1 unspecified atom stereocenters. The zero-order chi connectivity index (χ0) is 12.7. The number of benzene rings is 1. The quantitative estimate of drug-likeness (QED) is 0.426. The summed E-state index contributed by atoms with van der Waals surface area (Å²) in [5.74, 6) is 6.33. The summed E-state index contributed by atoms with van der Waals surface area (Å²) in [7, 11) is 3.14. The first-order valence-electron chi connectivity index (χ1n) is 5.51. The van der Waals surface area contributed by atoms with Crippen molar-refractivity contribution in [2.45, 2.75) is 19.3 Å². The summed E-state index contributed by atoms with van der Waals surface area (Å²) < 4.78 is 16.0. The molecule has 96 valence electrons. The number of nitrogens with two attached hydrogens (primary N) is 1. The molecule has 17 heavy (non-hydrogen) atoms. The molecule has 0 saturated carbocycles. The molecule has 0 aliphatic carbocycles. The third kappa shape index (κ3) is 3.41. The van der Waals surface area contributed by atoms with Crippen molar-refractivity contribution in [3.63, 3.8) is 0 Å². The van der Waals surface area contributed by atoms with Crippen molar-refractivity contribution in [3.8, 4) is 5.75 Å². The van der Waals surface area contributed by atoms with Gasteiger partial charge in [0, 0.05) is 19.8 Å². The topological polar surface area (TPSA) is 65.7 Å². The molecular weight excluding hydrogens is 220 g/mol. The SMILES string of the molecule is CCOc1ccccc1C(NN)C(OC)OC. The van der Waals surface area contributed by atoms with Crippen LogP contribution in [-0.2, 0) is 9.47 Å². The number of rotatable bonds is 7. The van der Waals surface area contributed by atoms with E-state index in [0.717, 1.165) is 11.3 Å². The van der Waals surface area contributed by atoms with Crippen LogP contribution in [0, 0.1) is 0 Å². The predicted octanol–water partition coefficient (Wildman–Crippen LogP) is 1.21. The van der Waals surface area contributed by atoms with Gasteiger partial charge in [0.2, 0.25) is 0 Å². The highest BCUT2D eigenvalue weighted by Gasteiger charge is 2.24. The molecule has 1 aromatic rings. The Labute approximate surface area is 102 Å². The van der Waals surface area contributed by atoms with Gasteiger partial charge in [-0.3, -0.25) is 5.84 Å². The average molecular weight is 240 g/mol. The third-order valence-corrected chi connectivity index (χ3v) is 2.47. The van der Waals surface area contributed by atoms with Gasteiger partial charge in [-0.15, -0.1) is 0 Å². The van der Waals surface area contributed by atoms with Crippen LogP contribution in [0.4, 0.5) is 0 Å². The highest BCUT2D eigenvalue weighted by atomic mass is 16.7. The Bertz CT molecular complexity index is 329. The van der Waals surface area contributed by atoms with Crippen LogP contribution in [-0.4, -0.2) is 27.1 Å². The number of hydrogen-bond acceptors (Lipinski definition) is 5. The molecule has 1 atom stereocenters. The van der Waals surface area contributed by atoms with Crippen molar-refractivity contribution in [1.29, 1.82) is 0 Å². The molecule has 3 N–H and O–H groups in total. The number of methoxy groups -OCH3 is 2. The second-order valence-corrected chi connectivity index (χ2v) is 3.45. The lowest BCUT2D eigenvalue weighted by Crippen LogP contribution is -2.38. The van der Waals surface area contributed by atoms with Gasteiger partial charge in [-0.2, -0.15) is 0 Å². The fourth-order valence-electron chi connectivity index (χ4n) is 1.71. The summed E-state index contributed by atoms with van der Waals surface area (Å²) in [6, 6.07) is 7.38. The summed E-state index contributed by atoms with van der Waals surface area (Å²) in [4.78, 5) is 0. The van der Waals surface area contributed by atoms with Crippen molar-refractivity contribution < 1.29 is 14.2 Å². The third-order valence-electron chi connectivity index (χ3n) is 2.47.